The van der Waals surface area contributed by atoms with Gasteiger partial charge < -0.3 is 14.1 Å². The number of nitrogens with zero attached hydrogens (tertiary/aromatic N) is 3. The van der Waals surface area contributed by atoms with Gasteiger partial charge in [-0.15, -0.1) is 0 Å². The van der Waals surface area contributed by atoms with Crippen molar-refractivity contribution in [3.05, 3.63) is 178 Å². The Balaban J connectivity index is 1.36. The van der Waals surface area contributed by atoms with Crippen molar-refractivity contribution < 1.29 is 14.3 Å². The van der Waals surface area contributed by atoms with Gasteiger partial charge in [0.15, 0.2) is 0 Å². The number of carboxylic acids is 1. The molecule has 8 heteroatoms. The van der Waals surface area contributed by atoms with E-state index in [1.807, 2.05) is 114 Å². The Labute approximate surface area is 276 Å². The van der Waals surface area contributed by atoms with Crippen LogP contribution < -0.4 is 10.9 Å². The number of pyridine rings is 2. The average molecular weight is 637 g/mol. The summed E-state index contributed by atoms with van der Waals surface area (Å²) in [5, 5.41) is 15.0. The first-order valence-electron chi connectivity index (χ1n) is 15.7. The van der Waals surface area contributed by atoms with Gasteiger partial charge in [0.2, 0.25) is 0 Å². The fraction of sp³-hybridized carbons (Fsp3) is 0.125. The van der Waals surface area contributed by atoms with Crippen molar-refractivity contribution in [2.45, 2.75) is 24.9 Å². The van der Waals surface area contributed by atoms with E-state index in [0.717, 1.165) is 16.7 Å². The smallest absolute Gasteiger partial charge is 0.321 e. The second kappa shape index (κ2) is 12.4. The highest BCUT2D eigenvalue weighted by atomic mass is 19.1. The molecular formula is C40H33FN4O3. The van der Waals surface area contributed by atoms with Gasteiger partial charge in [0.1, 0.15) is 17.5 Å². The van der Waals surface area contributed by atoms with Gasteiger partial charge in [-0.05, 0) is 59.5 Å². The first-order chi connectivity index (χ1) is 23.3. The molecule has 0 aliphatic heterocycles. The summed E-state index contributed by atoms with van der Waals surface area (Å²) in [6.45, 7) is 1.81. The summed E-state index contributed by atoms with van der Waals surface area (Å²) in [5.41, 5.74) is 4.95. The van der Waals surface area contributed by atoms with Crippen molar-refractivity contribution in [2.75, 3.05) is 0 Å². The average Bonchev–Trinajstić information content (AvgIpc) is 3.62. The van der Waals surface area contributed by atoms with Crippen molar-refractivity contribution in [3.63, 3.8) is 0 Å². The van der Waals surface area contributed by atoms with Crippen LogP contribution in [-0.2, 0) is 23.8 Å². The van der Waals surface area contributed by atoms with Crippen LogP contribution >= 0.6 is 0 Å². The number of benzene rings is 4. The standard InChI is InChI=1S/C40H33FN4O3/c1-26-33-24-30(41)18-21-35(33)44(2)38(46)36(26)32-20-19-31(45-23-22-42-37(32)45)25-34(39(47)48)43-40(27-12-6-3-7-13-27,28-14-8-4-9-15-28)29-16-10-5-11-17-29/h3-24,34,43H,25H2,1-2H3,(H,47,48)/t34-/m0/s1. The van der Waals surface area contributed by atoms with Crippen LogP contribution in [0.4, 0.5) is 4.39 Å². The Hall–Kier alpha value is -5.86. The molecule has 7 aromatic rings. The van der Waals surface area contributed by atoms with Gasteiger partial charge in [0.25, 0.3) is 5.56 Å². The molecule has 7 nitrogen and oxygen atoms in total. The number of hydrogen-bond acceptors (Lipinski definition) is 4. The summed E-state index contributed by atoms with van der Waals surface area (Å²) in [4.78, 5) is 31.5. The third-order valence-electron chi connectivity index (χ3n) is 9.24. The zero-order chi connectivity index (χ0) is 33.4. The van der Waals surface area contributed by atoms with Crippen LogP contribution in [-0.4, -0.2) is 31.1 Å². The first-order valence-corrected chi connectivity index (χ1v) is 15.7. The molecule has 4 aromatic carbocycles. The molecule has 7 rings (SSSR count). The molecule has 2 N–H and O–H groups in total. The van der Waals surface area contributed by atoms with E-state index < -0.39 is 17.6 Å². The molecule has 0 bridgehead atoms. The van der Waals surface area contributed by atoms with Gasteiger partial charge in [-0.1, -0.05) is 91.0 Å². The number of fused-ring (bicyclic) bond motifs is 2. The van der Waals surface area contributed by atoms with Crippen LogP contribution in [0.2, 0.25) is 0 Å². The van der Waals surface area contributed by atoms with Crippen LogP contribution in [0.3, 0.4) is 0 Å². The Morgan fingerprint density at radius 3 is 2.02 bits per heavy atom. The Bertz CT molecular complexity index is 2240. The molecule has 0 amide bonds. The molecule has 3 aromatic heterocycles. The summed E-state index contributed by atoms with van der Waals surface area (Å²) in [5.74, 6) is -1.40. The molecule has 238 valence electrons. The number of hydrogen-bond donors (Lipinski definition) is 2. The molecule has 0 unspecified atom stereocenters. The highest BCUT2D eigenvalue weighted by molar-refractivity contribution is 5.91. The molecule has 0 aliphatic rings. The lowest BCUT2D eigenvalue weighted by molar-refractivity contribution is -0.139. The number of aromatic nitrogens is 3. The van der Waals surface area contributed by atoms with E-state index >= 15 is 0 Å². The van der Waals surface area contributed by atoms with Gasteiger partial charge in [0, 0.05) is 42.5 Å². The first kappa shape index (κ1) is 30.8. The van der Waals surface area contributed by atoms with E-state index in [0.29, 0.717) is 38.9 Å². The van der Waals surface area contributed by atoms with Gasteiger partial charge in [-0.3, -0.25) is 14.9 Å². The lowest BCUT2D eigenvalue weighted by Crippen LogP contribution is -2.53. The highest BCUT2D eigenvalue weighted by Crippen LogP contribution is 2.38. The Morgan fingerprint density at radius 2 is 1.46 bits per heavy atom. The number of halogens is 1. The van der Waals surface area contributed by atoms with Crippen LogP contribution in [0.15, 0.2) is 139 Å². The number of rotatable bonds is 9. The molecule has 0 radical (unpaired) electrons. The minimum absolute atomic E-state index is 0.108. The third-order valence-corrected chi connectivity index (χ3v) is 9.24. The van der Waals surface area contributed by atoms with Crippen LogP contribution in [0, 0.1) is 12.7 Å². The Kier molecular flexibility index (Phi) is 7.94. The summed E-state index contributed by atoms with van der Waals surface area (Å²) in [6.07, 6.45) is 3.51. The van der Waals surface area contributed by atoms with E-state index in [9.17, 15) is 19.1 Å². The van der Waals surface area contributed by atoms with E-state index in [1.165, 1.54) is 16.7 Å². The molecule has 0 saturated heterocycles. The monoisotopic (exact) mass is 636 g/mol. The number of carboxylic acid groups (broad SMARTS) is 1. The quantitative estimate of drug-likeness (QED) is 0.169. The zero-order valence-corrected chi connectivity index (χ0v) is 26.5. The number of aliphatic carboxylic acids is 1. The highest BCUT2D eigenvalue weighted by Gasteiger charge is 2.40. The number of imidazole rings is 1. The van der Waals surface area contributed by atoms with E-state index in [-0.39, 0.29) is 17.8 Å². The molecule has 0 saturated carbocycles. The maximum Gasteiger partial charge on any atom is 0.321 e. The molecule has 1 atom stereocenters. The van der Waals surface area contributed by atoms with E-state index in [4.69, 9.17) is 0 Å². The van der Waals surface area contributed by atoms with Gasteiger partial charge in [0.05, 0.1) is 16.6 Å². The molecular weight excluding hydrogens is 603 g/mol. The fourth-order valence-corrected chi connectivity index (χ4v) is 6.91. The minimum Gasteiger partial charge on any atom is -0.480 e. The molecule has 3 heterocycles. The lowest BCUT2D eigenvalue weighted by atomic mass is 9.76. The maximum absolute atomic E-state index is 14.3. The number of aryl methyl sites for hydroxylation is 2. The second-order valence-electron chi connectivity index (χ2n) is 12.0. The Morgan fingerprint density at radius 1 is 0.875 bits per heavy atom. The maximum atomic E-state index is 14.3. The normalized spacial score (nSPS) is 12.4. The predicted octanol–water partition coefficient (Wildman–Crippen LogP) is 6.88. The summed E-state index contributed by atoms with van der Waals surface area (Å²) in [6, 6.07) is 36.6. The molecule has 0 fully saturated rings. The molecule has 48 heavy (non-hydrogen) atoms. The minimum atomic E-state index is -1.04. The summed E-state index contributed by atoms with van der Waals surface area (Å²) in [7, 11) is 1.67. The van der Waals surface area contributed by atoms with Crippen molar-refractivity contribution in [1.82, 2.24) is 19.3 Å². The SMILES string of the molecule is Cc1c(-c2ccc(C[C@H](NC(c3ccccc3)(c3ccccc3)c3ccccc3)C(=O)O)n3ccnc23)c(=O)n(C)c2ccc(F)cc12. The topological polar surface area (TPSA) is 88.6 Å². The fourth-order valence-electron chi connectivity index (χ4n) is 6.91. The summed E-state index contributed by atoms with van der Waals surface area (Å²) < 4.78 is 17.7. The summed E-state index contributed by atoms with van der Waals surface area (Å²) >= 11 is 0. The second-order valence-corrected chi connectivity index (χ2v) is 12.0. The third kappa shape index (κ3) is 5.16. The van der Waals surface area contributed by atoms with Crippen LogP contribution in [0.1, 0.15) is 27.9 Å². The van der Waals surface area contributed by atoms with Crippen LogP contribution in [0.25, 0.3) is 27.7 Å². The van der Waals surface area contributed by atoms with Gasteiger partial charge >= 0.3 is 5.97 Å². The van der Waals surface area contributed by atoms with Gasteiger partial charge in [-0.2, -0.15) is 0 Å². The lowest BCUT2D eigenvalue weighted by Gasteiger charge is -2.39. The largest absolute Gasteiger partial charge is 0.480 e. The van der Waals surface area contributed by atoms with Crippen LogP contribution in [0.5, 0.6) is 0 Å². The van der Waals surface area contributed by atoms with Crippen molar-refractivity contribution in [3.8, 4) is 11.1 Å². The van der Waals surface area contributed by atoms with E-state index in [2.05, 4.69) is 10.3 Å². The van der Waals surface area contributed by atoms with E-state index in [1.54, 1.807) is 25.5 Å². The van der Waals surface area contributed by atoms with Crippen molar-refractivity contribution >= 4 is 22.5 Å². The van der Waals surface area contributed by atoms with Crippen molar-refractivity contribution in [2.24, 2.45) is 7.05 Å². The van der Waals surface area contributed by atoms with Gasteiger partial charge in [-0.25, -0.2) is 9.37 Å². The predicted molar refractivity (Wildman–Crippen MR) is 186 cm³/mol. The number of carbonyl (C=O) groups is 1. The zero-order valence-electron chi connectivity index (χ0n) is 26.5. The number of nitrogens with one attached hydrogen (secondary N) is 1. The molecule has 0 aliphatic carbocycles. The van der Waals surface area contributed by atoms with Crippen molar-refractivity contribution in [1.29, 1.82) is 0 Å². The molecule has 0 spiro atoms.